The number of benzene rings is 2. The molecule has 4 rings (SSSR count). The first-order chi connectivity index (χ1) is 12.2. The van der Waals surface area contributed by atoms with Crippen molar-refractivity contribution in [2.75, 3.05) is 0 Å². The summed E-state index contributed by atoms with van der Waals surface area (Å²) in [6, 6.07) is 13.6. The monoisotopic (exact) mass is 352 g/mol. The number of hydrogen-bond donors (Lipinski definition) is 2. The van der Waals surface area contributed by atoms with Crippen molar-refractivity contribution < 1.29 is 9.59 Å². The first-order valence-electron chi connectivity index (χ1n) is 7.62. The van der Waals surface area contributed by atoms with Crippen LogP contribution in [0.1, 0.15) is 17.2 Å². The Morgan fingerprint density at radius 3 is 2.64 bits per heavy atom. The zero-order valence-electron chi connectivity index (χ0n) is 12.9. The molecule has 2 heterocycles. The molecule has 0 radical (unpaired) electrons. The number of amides is 2. The minimum Gasteiger partial charge on any atom is -0.361 e. The fourth-order valence-electron chi connectivity index (χ4n) is 2.93. The molecule has 1 atom stereocenters. The number of carbonyl (C=O) groups excluding carboxylic acids is 2. The average Bonchev–Trinajstić information content (AvgIpc) is 3.05. The van der Waals surface area contributed by atoms with E-state index in [-0.39, 0.29) is 5.91 Å². The molecule has 1 aromatic heterocycles. The van der Waals surface area contributed by atoms with E-state index in [0.717, 1.165) is 15.9 Å². The van der Waals surface area contributed by atoms with Crippen LogP contribution in [0.25, 0.3) is 10.9 Å². The number of H-pyrrole nitrogens is 1. The Balaban J connectivity index is 1.77. The van der Waals surface area contributed by atoms with Crippen LogP contribution in [0.2, 0.25) is 5.02 Å². The number of rotatable bonds is 3. The van der Waals surface area contributed by atoms with Crippen molar-refractivity contribution in [2.24, 2.45) is 5.10 Å². The van der Waals surface area contributed by atoms with E-state index in [1.165, 1.54) is 0 Å². The molecule has 0 spiro atoms. The maximum atomic E-state index is 12.7. The molecule has 6 nitrogen and oxygen atoms in total. The second-order valence-electron chi connectivity index (χ2n) is 5.62. The van der Waals surface area contributed by atoms with Crippen molar-refractivity contribution in [1.82, 2.24) is 15.3 Å². The summed E-state index contributed by atoms with van der Waals surface area (Å²) in [5.41, 5.74) is 2.25. The molecule has 124 valence electrons. The van der Waals surface area contributed by atoms with Gasteiger partial charge in [-0.25, -0.2) is 5.01 Å². The number of aromatic nitrogens is 1. The van der Waals surface area contributed by atoms with Gasteiger partial charge in [0, 0.05) is 33.2 Å². The van der Waals surface area contributed by atoms with Gasteiger partial charge in [0.1, 0.15) is 0 Å². The van der Waals surface area contributed by atoms with E-state index in [1.807, 2.05) is 24.3 Å². The van der Waals surface area contributed by atoms with E-state index in [1.54, 1.807) is 30.5 Å². The van der Waals surface area contributed by atoms with Gasteiger partial charge in [0.05, 0.1) is 0 Å². The number of nitrogens with zero attached hydrogens (tertiary/aromatic N) is 2. The number of hydrogen-bond acceptors (Lipinski definition) is 3. The third-order valence-electron chi connectivity index (χ3n) is 4.11. The Kier molecular flexibility index (Phi) is 3.74. The molecule has 0 saturated carbocycles. The first kappa shape index (κ1) is 15.4. The highest BCUT2D eigenvalue weighted by atomic mass is 35.5. The highest BCUT2D eigenvalue weighted by Crippen LogP contribution is 2.30. The van der Waals surface area contributed by atoms with Crippen LogP contribution in [0, 0.1) is 0 Å². The fraction of sp³-hybridized carbons (Fsp3) is 0.0556. The summed E-state index contributed by atoms with van der Waals surface area (Å²) >= 11 is 5.88. The maximum Gasteiger partial charge on any atom is 0.255 e. The van der Waals surface area contributed by atoms with E-state index in [0.29, 0.717) is 28.4 Å². The van der Waals surface area contributed by atoms with E-state index in [2.05, 4.69) is 15.4 Å². The second kappa shape index (κ2) is 6.07. The molecule has 1 aliphatic rings. The minimum absolute atomic E-state index is 0.310. The van der Waals surface area contributed by atoms with Gasteiger partial charge in [-0.05, 0) is 30.3 Å². The molecule has 2 amide bonds. The van der Waals surface area contributed by atoms with E-state index >= 15 is 0 Å². The van der Waals surface area contributed by atoms with Gasteiger partial charge in [-0.2, -0.15) is 5.10 Å². The molecule has 2 aromatic carbocycles. The predicted molar refractivity (Wildman–Crippen MR) is 95.1 cm³/mol. The van der Waals surface area contributed by atoms with Crippen LogP contribution in [0.3, 0.4) is 0 Å². The quantitative estimate of drug-likeness (QED) is 0.711. The lowest BCUT2D eigenvalue weighted by atomic mass is 10.0. The smallest absolute Gasteiger partial charge is 0.255 e. The summed E-state index contributed by atoms with van der Waals surface area (Å²) in [6.45, 7) is 0. The molecule has 0 fully saturated rings. The van der Waals surface area contributed by atoms with Crippen molar-refractivity contribution in [3.8, 4) is 0 Å². The number of nitrogens with one attached hydrogen (secondary N) is 2. The normalized spacial score (nSPS) is 17.3. The lowest BCUT2D eigenvalue weighted by Crippen LogP contribution is -2.46. The highest BCUT2D eigenvalue weighted by molar-refractivity contribution is 6.30. The molecular formula is C18H13ClN4O2. The van der Waals surface area contributed by atoms with Crippen molar-refractivity contribution in [1.29, 1.82) is 0 Å². The molecule has 0 bridgehead atoms. The Labute approximate surface area is 148 Å². The Morgan fingerprint density at radius 1 is 1.12 bits per heavy atom. The molecule has 2 N–H and O–H groups in total. The zero-order valence-corrected chi connectivity index (χ0v) is 13.7. The first-order valence-corrected chi connectivity index (χ1v) is 8.00. The molecule has 7 heteroatoms. The van der Waals surface area contributed by atoms with Gasteiger partial charge >= 0.3 is 0 Å². The number of carbonyl (C=O) groups is 2. The SMILES string of the molecule is O=CN1N=C(c2ccc(Cl)cc2)NC(=O)C1c1c[nH]c2ccccc12. The van der Waals surface area contributed by atoms with E-state index in [4.69, 9.17) is 11.6 Å². The Bertz CT molecular complexity index is 994. The average molecular weight is 353 g/mol. The summed E-state index contributed by atoms with van der Waals surface area (Å²) in [5, 5.41) is 9.65. The van der Waals surface area contributed by atoms with Gasteiger partial charge in [-0.3, -0.25) is 9.59 Å². The Morgan fingerprint density at radius 2 is 1.88 bits per heavy atom. The standard InChI is InChI=1S/C18H13ClN4O2/c19-12-7-5-11(6-8-12)17-21-18(25)16(23(10-24)22-17)14-9-20-15-4-2-1-3-13(14)15/h1-10,16,20H,(H,21,22,25). The van der Waals surface area contributed by atoms with Crippen LogP contribution < -0.4 is 5.32 Å². The van der Waals surface area contributed by atoms with Crippen LogP contribution in [0.15, 0.2) is 59.8 Å². The van der Waals surface area contributed by atoms with Gasteiger partial charge in [0.2, 0.25) is 6.41 Å². The van der Waals surface area contributed by atoms with Crippen molar-refractivity contribution >= 4 is 40.7 Å². The second-order valence-corrected chi connectivity index (χ2v) is 6.06. The van der Waals surface area contributed by atoms with Crippen molar-refractivity contribution in [3.63, 3.8) is 0 Å². The Hall–Kier alpha value is -3.12. The number of para-hydroxylation sites is 1. The lowest BCUT2D eigenvalue weighted by Gasteiger charge is -2.28. The van der Waals surface area contributed by atoms with Crippen LogP contribution in [0.4, 0.5) is 0 Å². The summed E-state index contributed by atoms with van der Waals surface area (Å²) in [4.78, 5) is 27.4. The van der Waals surface area contributed by atoms with E-state index < -0.39 is 6.04 Å². The van der Waals surface area contributed by atoms with Crippen LogP contribution in [-0.4, -0.2) is 28.1 Å². The number of halogens is 1. The van der Waals surface area contributed by atoms with Gasteiger partial charge in [-0.15, -0.1) is 0 Å². The molecule has 0 aliphatic carbocycles. The highest BCUT2D eigenvalue weighted by Gasteiger charge is 2.34. The molecular weight excluding hydrogens is 340 g/mol. The zero-order chi connectivity index (χ0) is 17.4. The van der Waals surface area contributed by atoms with Crippen LogP contribution in [-0.2, 0) is 9.59 Å². The molecule has 3 aromatic rings. The molecule has 1 aliphatic heterocycles. The molecule has 25 heavy (non-hydrogen) atoms. The lowest BCUT2D eigenvalue weighted by molar-refractivity contribution is -0.133. The number of amidine groups is 1. The minimum atomic E-state index is -0.829. The number of aromatic amines is 1. The fourth-order valence-corrected chi connectivity index (χ4v) is 3.06. The van der Waals surface area contributed by atoms with Gasteiger partial charge in [-0.1, -0.05) is 29.8 Å². The number of fused-ring (bicyclic) bond motifs is 1. The van der Waals surface area contributed by atoms with Crippen molar-refractivity contribution in [2.45, 2.75) is 6.04 Å². The summed E-state index contributed by atoms with van der Waals surface area (Å²) in [5.74, 6) is -0.0124. The third-order valence-corrected chi connectivity index (χ3v) is 4.36. The summed E-state index contributed by atoms with van der Waals surface area (Å²) in [6.07, 6.45) is 2.29. The maximum absolute atomic E-state index is 12.7. The van der Waals surface area contributed by atoms with Gasteiger partial charge in [0.25, 0.3) is 5.91 Å². The third kappa shape index (κ3) is 2.66. The van der Waals surface area contributed by atoms with Crippen LogP contribution >= 0.6 is 11.6 Å². The predicted octanol–water partition coefficient (Wildman–Crippen LogP) is 2.81. The molecule has 0 saturated heterocycles. The molecule has 1 unspecified atom stereocenters. The van der Waals surface area contributed by atoms with E-state index in [9.17, 15) is 9.59 Å². The summed E-state index contributed by atoms with van der Waals surface area (Å²) < 4.78 is 0. The van der Waals surface area contributed by atoms with Crippen LogP contribution in [0.5, 0.6) is 0 Å². The van der Waals surface area contributed by atoms with Gasteiger partial charge < -0.3 is 10.3 Å². The number of hydrazone groups is 1. The topological polar surface area (TPSA) is 77.6 Å². The largest absolute Gasteiger partial charge is 0.361 e. The summed E-state index contributed by atoms with van der Waals surface area (Å²) in [7, 11) is 0. The van der Waals surface area contributed by atoms with Crippen molar-refractivity contribution in [3.05, 3.63) is 70.9 Å². The van der Waals surface area contributed by atoms with Gasteiger partial charge in [0.15, 0.2) is 11.9 Å².